The summed E-state index contributed by atoms with van der Waals surface area (Å²) in [5.41, 5.74) is 0.977. The Morgan fingerprint density at radius 1 is 1.23 bits per heavy atom. The third-order valence-corrected chi connectivity index (χ3v) is 5.18. The topological polar surface area (TPSA) is 51.4 Å². The molecule has 0 bridgehead atoms. The molecule has 140 valence electrons. The third kappa shape index (κ3) is 4.68. The first-order valence-electron chi connectivity index (χ1n) is 9.66. The van der Waals surface area contributed by atoms with Crippen molar-refractivity contribution >= 4 is 0 Å². The van der Waals surface area contributed by atoms with Gasteiger partial charge in [-0.25, -0.2) is 4.39 Å². The first kappa shape index (κ1) is 17.6. The van der Waals surface area contributed by atoms with Crippen molar-refractivity contribution < 1.29 is 13.7 Å². The first-order valence-corrected chi connectivity index (χ1v) is 9.66. The molecule has 2 aromatic rings. The van der Waals surface area contributed by atoms with Crippen LogP contribution in [0.5, 0.6) is 0 Å². The van der Waals surface area contributed by atoms with Crippen LogP contribution in [-0.2, 0) is 17.7 Å². The van der Waals surface area contributed by atoms with Gasteiger partial charge < -0.3 is 9.26 Å². The van der Waals surface area contributed by atoms with E-state index in [9.17, 15) is 4.39 Å². The summed E-state index contributed by atoms with van der Waals surface area (Å²) in [7, 11) is 0. The highest BCUT2D eigenvalue weighted by Crippen LogP contribution is 2.31. The van der Waals surface area contributed by atoms with Crippen molar-refractivity contribution in [3.05, 3.63) is 47.4 Å². The van der Waals surface area contributed by atoms with Gasteiger partial charge in [-0.2, -0.15) is 4.98 Å². The highest BCUT2D eigenvalue weighted by Gasteiger charge is 2.29. The molecular weight excluding hydrogens is 333 g/mol. The molecule has 1 saturated carbocycles. The van der Waals surface area contributed by atoms with E-state index in [0.717, 1.165) is 43.9 Å². The van der Waals surface area contributed by atoms with Gasteiger partial charge in [-0.1, -0.05) is 23.7 Å². The van der Waals surface area contributed by atoms with E-state index in [1.54, 1.807) is 12.1 Å². The first-order chi connectivity index (χ1) is 12.8. The molecule has 2 heterocycles. The van der Waals surface area contributed by atoms with Crippen molar-refractivity contribution in [2.45, 2.75) is 51.1 Å². The lowest BCUT2D eigenvalue weighted by Gasteiger charge is -2.33. The fraction of sp³-hybridized carbons (Fsp3) is 0.600. The minimum Gasteiger partial charge on any atom is -0.381 e. The van der Waals surface area contributed by atoms with Crippen LogP contribution in [0.1, 0.15) is 55.4 Å². The predicted molar refractivity (Wildman–Crippen MR) is 94.9 cm³/mol. The summed E-state index contributed by atoms with van der Waals surface area (Å²) in [4.78, 5) is 6.92. The SMILES string of the molecule is Fc1cccc(CN2CCCCC2c2nc(CCOCC3CC3)no2)c1. The van der Waals surface area contributed by atoms with Crippen LogP contribution >= 0.6 is 0 Å². The van der Waals surface area contributed by atoms with Gasteiger partial charge in [0.05, 0.1) is 12.6 Å². The Bertz CT molecular complexity index is 717. The van der Waals surface area contributed by atoms with Crippen LogP contribution < -0.4 is 0 Å². The van der Waals surface area contributed by atoms with Crippen molar-refractivity contribution in [3.63, 3.8) is 0 Å². The minimum absolute atomic E-state index is 0.112. The molecule has 5 nitrogen and oxygen atoms in total. The van der Waals surface area contributed by atoms with E-state index < -0.39 is 0 Å². The molecule has 4 rings (SSSR count). The maximum absolute atomic E-state index is 13.5. The summed E-state index contributed by atoms with van der Waals surface area (Å²) in [5, 5.41) is 4.13. The number of halogens is 1. The Kier molecular flexibility index (Phi) is 5.60. The Balaban J connectivity index is 1.36. The molecule has 0 radical (unpaired) electrons. The van der Waals surface area contributed by atoms with Crippen LogP contribution in [0.3, 0.4) is 0 Å². The van der Waals surface area contributed by atoms with Gasteiger partial charge in [-0.3, -0.25) is 4.90 Å². The molecule has 6 heteroatoms. The second-order valence-electron chi connectivity index (χ2n) is 7.43. The number of ether oxygens (including phenoxy) is 1. The average molecular weight is 359 g/mol. The quantitative estimate of drug-likeness (QED) is 0.669. The number of likely N-dealkylation sites (tertiary alicyclic amines) is 1. The molecule has 1 aliphatic heterocycles. The molecule has 1 aromatic carbocycles. The third-order valence-electron chi connectivity index (χ3n) is 5.18. The average Bonchev–Trinajstić information content (AvgIpc) is 3.35. The molecule has 1 saturated heterocycles. The molecule has 0 N–H and O–H groups in total. The molecule has 1 atom stereocenters. The molecule has 0 spiro atoms. The van der Waals surface area contributed by atoms with E-state index in [1.807, 2.05) is 6.07 Å². The van der Waals surface area contributed by atoms with E-state index in [2.05, 4.69) is 15.0 Å². The smallest absolute Gasteiger partial charge is 0.244 e. The van der Waals surface area contributed by atoms with Crippen molar-refractivity contribution in [1.82, 2.24) is 15.0 Å². The lowest BCUT2D eigenvalue weighted by molar-refractivity contribution is 0.111. The lowest BCUT2D eigenvalue weighted by Crippen LogP contribution is -2.33. The van der Waals surface area contributed by atoms with Gasteiger partial charge in [0.25, 0.3) is 0 Å². The summed E-state index contributed by atoms with van der Waals surface area (Å²) in [5.74, 6) is 1.97. The van der Waals surface area contributed by atoms with Gasteiger partial charge in [0.15, 0.2) is 5.82 Å². The Morgan fingerprint density at radius 3 is 3.00 bits per heavy atom. The summed E-state index contributed by atoms with van der Waals surface area (Å²) in [6.45, 7) is 3.16. The molecule has 1 aliphatic carbocycles. The summed E-state index contributed by atoms with van der Waals surface area (Å²) >= 11 is 0. The second-order valence-corrected chi connectivity index (χ2v) is 7.43. The Hall–Kier alpha value is -1.79. The monoisotopic (exact) mass is 359 g/mol. The zero-order valence-electron chi connectivity index (χ0n) is 15.1. The molecular formula is C20H26FN3O2. The molecule has 26 heavy (non-hydrogen) atoms. The number of piperidine rings is 1. The molecule has 0 amide bonds. The number of aromatic nitrogens is 2. The van der Waals surface area contributed by atoms with Crippen molar-refractivity contribution in [2.75, 3.05) is 19.8 Å². The van der Waals surface area contributed by atoms with E-state index in [0.29, 0.717) is 31.3 Å². The maximum atomic E-state index is 13.5. The van der Waals surface area contributed by atoms with Crippen LogP contribution in [0.15, 0.2) is 28.8 Å². The van der Waals surface area contributed by atoms with E-state index in [-0.39, 0.29) is 11.9 Å². The number of hydrogen-bond acceptors (Lipinski definition) is 5. The number of benzene rings is 1. The lowest BCUT2D eigenvalue weighted by atomic mass is 10.0. The highest BCUT2D eigenvalue weighted by molar-refractivity contribution is 5.16. The van der Waals surface area contributed by atoms with Crippen LogP contribution in [0.2, 0.25) is 0 Å². The number of nitrogens with zero attached hydrogens (tertiary/aromatic N) is 3. The van der Waals surface area contributed by atoms with E-state index >= 15 is 0 Å². The number of rotatable bonds is 8. The van der Waals surface area contributed by atoms with Crippen molar-refractivity contribution in [1.29, 1.82) is 0 Å². The van der Waals surface area contributed by atoms with Gasteiger partial charge >= 0.3 is 0 Å². The van der Waals surface area contributed by atoms with E-state index in [1.165, 1.54) is 18.9 Å². The summed E-state index contributed by atoms with van der Waals surface area (Å²) in [6, 6.07) is 6.91. The van der Waals surface area contributed by atoms with E-state index in [4.69, 9.17) is 9.26 Å². The van der Waals surface area contributed by atoms with Gasteiger partial charge in [0.2, 0.25) is 5.89 Å². The second kappa shape index (κ2) is 8.27. The Labute approximate surface area is 153 Å². The highest BCUT2D eigenvalue weighted by atomic mass is 19.1. The molecule has 1 aromatic heterocycles. The molecule has 1 unspecified atom stereocenters. The van der Waals surface area contributed by atoms with Gasteiger partial charge in [-0.05, 0) is 55.8 Å². The van der Waals surface area contributed by atoms with Crippen LogP contribution in [0.4, 0.5) is 4.39 Å². The normalized spacial score (nSPS) is 21.2. The summed E-state index contributed by atoms with van der Waals surface area (Å²) < 4.78 is 24.7. The van der Waals surface area contributed by atoms with Crippen LogP contribution in [0, 0.1) is 11.7 Å². The van der Waals surface area contributed by atoms with Crippen LogP contribution in [0.25, 0.3) is 0 Å². The fourth-order valence-electron chi connectivity index (χ4n) is 3.53. The summed E-state index contributed by atoms with van der Waals surface area (Å²) in [6.07, 6.45) is 6.57. The fourth-order valence-corrected chi connectivity index (χ4v) is 3.53. The van der Waals surface area contributed by atoms with Gasteiger partial charge in [0, 0.05) is 19.6 Å². The maximum Gasteiger partial charge on any atom is 0.244 e. The predicted octanol–water partition coefficient (Wildman–Crippen LogP) is 3.91. The minimum atomic E-state index is -0.192. The van der Waals surface area contributed by atoms with Gasteiger partial charge in [-0.15, -0.1) is 0 Å². The standard InChI is InChI=1S/C20H26FN3O2/c21-17-5-3-4-16(12-17)13-24-10-2-1-6-18(24)20-22-19(23-26-20)9-11-25-14-15-7-8-15/h3-5,12,15,18H,1-2,6-11,13-14H2. The van der Waals surface area contributed by atoms with Gasteiger partial charge in [0.1, 0.15) is 5.82 Å². The molecule has 2 aliphatic rings. The molecule has 2 fully saturated rings. The zero-order valence-corrected chi connectivity index (χ0v) is 15.1. The van der Waals surface area contributed by atoms with Crippen LogP contribution in [-0.4, -0.2) is 34.8 Å². The zero-order chi connectivity index (χ0) is 17.8. The Morgan fingerprint density at radius 2 is 2.15 bits per heavy atom. The largest absolute Gasteiger partial charge is 0.381 e. The van der Waals surface area contributed by atoms with Crippen molar-refractivity contribution in [3.8, 4) is 0 Å². The number of hydrogen-bond donors (Lipinski definition) is 0. The van der Waals surface area contributed by atoms with Crippen molar-refractivity contribution in [2.24, 2.45) is 5.92 Å².